The van der Waals surface area contributed by atoms with Gasteiger partial charge in [-0.1, -0.05) is 6.07 Å². The quantitative estimate of drug-likeness (QED) is 0.816. The predicted molar refractivity (Wildman–Crippen MR) is 68.3 cm³/mol. The first-order chi connectivity index (χ1) is 8.32. The number of hydrogen-bond donors (Lipinski definition) is 2. The lowest BCUT2D eigenvalue weighted by Gasteiger charge is -2.22. The molecule has 3 N–H and O–H groups in total. The standard InChI is InChI=1S/C13H18N2O3/c1-8-6-10(12(14)16)4-5-11(8)7-15(3)9(2)13(17)18/h4-6,9H,7H2,1-3H3,(H2,14,16)(H,17,18). The summed E-state index contributed by atoms with van der Waals surface area (Å²) in [6.45, 7) is 4.02. The van der Waals surface area contributed by atoms with Crippen molar-refractivity contribution in [2.45, 2.75) is 26.4 Å². The number of carbonyl (C=O) groups is 2. The Labute approximate surface area is 106 Å². The van der Waals surface area contributed by atoms with Crippen molar-refractivity contribution in [3.05, 3.63) is 34.9 Å². The first kappa shape index (κ1) is 14.2. The van der Waals surface area contributed by atoms with Crippen LogP contribution in [-0.4, -0.2) is 35.0 Å². The fourth-order valence-corrected chi connectivity index (χ4v) is 1.62. The van der Waals surface area contributed by atoms with Gasteiger partial charge >= 0.3 is 5.97 Å². The van der Waals surface area contributed by atoms with Gasteiger partial charge in [-0.2, -0.15) is 0 Å². The van der Waals surface area contributed by atoms with Crippen molar-refractivity contribution < 1.29 is 14.7 Å². The molecule has 0 saturated carbocycles. The molecule has 1 unspecified atom stereocenters. The number of carboxylic acid groups (broad SMARTS) is 1. The summed E-state index contributed by atoms with van der Waals surface area (Å²) in [6.07, 6.45) is 0. The Morgan fingerprint density at radius 3 is 2.50 bits per heavy atom. The maximum Gasteiger partial charge on any atom is 0.320 e. The highest BCUT2D eigenvalue weighted by molar-refractivity contribution is 5.93. The van der Waals surface area contributed by atoms with Crippen LogP contribution in [0, 0.1) is 6.92 Å². The maximum absolute atomic E-state index is 11.0. The number of benzene rings is 1. The molecule has 0 aromatic heterocycles. The van der Waals surface area contributed by atoms with Crippen LogP contribution >= 0.6 is 0 Å². The number of primary amides is 1. The van der Waals surface area contributed by atoms with Crippen molar-refractivity contribution in [1.82, 2.24) is 4.90 Å². The number of nitrogens with zero attached hydrogens (tertiary/aromatic N) is 1. The second-order valence-corrected chi connectivity index (χ2v) is 4.43. The van der Waals surface area contributed by atoms with Crippen LogP contribution in [-0.2, 0) is 11.3 Å². The summed E-state index contributed by atoms with van der Waals surface area (Å²) in [6, 6.07) is 4.63. The number of carbonyl (C=O) groups excluding carboxylic acids is 1. The van der Waals surface area contributed by atoms with Crippen LogP contribution in [0.3, 0.4) is 0 Å². The molecule has 5 nitrogen and oxygen atoms in total. The van der Waals surface area contributed by atoms with Crippen molar-refractivity contribution >= 4 is 11.9 Å². The Morgan fingerprint density at radius 2 is 2.06 bits per heavy atom. The van der Waals surface area contributed by atoms with Gasteiger partial charge in [0, 0.05) is 12.1 Å². The molecule has 0 spiro atoms. The molecule has 0 saturated heterocycles. The highest BCUT2D eigenvalue weighted by atomic mass is 16.4. The molecule has 1 aromatic carbocycles. The van der Waals surface area contributed by atoms with E-state index < -0.39 is 17.9 Å². The van der Waals surface area contributed by atoms with Gasteiger partial charge in [-0.25, -0.2) is 0 Å². The van der Waals surface area contributed by atoms with Gasteiger partial charge in [0.25, 0.3) is 0 Å². The van der Waals surface area contributed by atoms with Gasteiger partial charge in [0.2, 0.25) is 5.91 Å². The van der Waals surface area contributed by atoms with Crippen LogP contribution in [0.25, 0.3) is 0 Å². The summed E-state index contributed by atoms with van der Waals surface area (Å²) in [4.78, 5) is 23.6. The molecule has 1 amide bonds. The second-order valence-electron chi connectivity index (χ2n) is 4.43. The monoisotopic (exact) mass is 250 g/mol. The van der Waals surface area contributed by atoms with Gasteiger partial charge in [0.1, 0.15) is 6.04 Å². The van der Waals surface area contributed by atoms with Crippen LogP contribution in [0.15, 0.2) is 18.2 Å². The zero-order chi connectivity index (χ0) is 13.9. The molecule has 1 rings (SSSR count). The predicted octanol–water partition coefficient (Wildman–Crippen LogP) is 0.999. The fraction of sp³-hybridized carbons (Fsp3) is 0.385. The Morgan fingerprint density at radius 1 is 1.44 bits per heavy atom. The SMILES string of the molecule is Cc1cc(C(N)=O)ccc1CN(C)C(C)C(=O)O. The molecule has 5 heteroatoms. The highest BCUT2D eigenvalue weighted by Gasteiger charge is 2.17. The van der Waals surface area contributed by atoms with E-state index in [0.717, 1.165) is 11.1 Å². The van der Waals surface area contributed by atoms with Crippen molar-refractivity contribution in [3.63, 3.8) is 0 Å². The largest absolute Gasteiger partial charge is 0.480 e. The average molecular weight is 250 g/mol. The number of amides is 1. The molecular weight excluding hydrogens is 232 g/mol. The van der Waals surface area contributed by atoms with Crippen LogP contribution in [0.4, 0.5) is 0 Å². The molecule has 0 fully saturated rings. The topological polar surface area (TPSA) is 83.6 Å². The Balaban J connectivity index is 2.86. The smallest absolute Gasteiger partial charge is 0.320 e. The number of aliphatic carboxylic acids is 1. The molecule has 0 aliphatic rings. The van der Waals surface area contributed by atoms with E-state index in [4.69, 9.17) is 10.8 Å². The normalized spacial score (nSPS) is 12.4. The van der Waals surface area contributed by atoms with Gasteiger partial charge in [-0.15, -0.1) is 0 Å². The number of aryl methyl sites for hydroxylation is 1. The lowest BCUT2D eigenvalue weighted by Crippen LogP contribution is -2.35. The summed E-state index contributed by atoms with van der Waals surface area (Å²) < 4.78 is 0. The maximum atomic E-state index is 11.0. The molecule has 0 aliphatic carbocycles. The van der Waals surface area contributed by atoms with Gasteiger partial charge in [0.15, 0.2) is 0 Å². The third-order valence-electron chi connectivity index (χ3n) is 3.07. The lowest BCUT2D eigenvalue weighted by molar-refractivity contribution is -0.142. The number of carboxylic acids is 1. The summed E-state index contributed by atoms with van der Waals surface area (Å²) >= 11 is 0. The Hall–Kier alpha value is -1.88. The van der Waals surface area contributed by atoms with Gasteiger partial charge in [0.05, 0.1) is 0 Å². The summed E-state index contributed by atoms with van der Waals surface area (Å²) in [5, 5.41) is 8.91. The first-order valence-electron chi connectivity index (χ1n) is 5.65. The zero-order valence-corrected chi connectivity index (χ0v) is 10.8. The molecule has 0 aliphatic heterocycles. The van der Waals surface area contributed by atoms with Crippen molar-refractivity contribution in [3.8, 4) is 0 Å². The van der Waals surface area contributed by atoms with Crippen molar-refractivity contribution in [2.24, 2.45) is 5.73 Å². The van der Waals surface area contributed by atoms with E-state index in [1.165, 1.54) is 0 Å². The summed E-state index contributed by atoms with van der Waals surface area (Å²) in [5.41, 5.74) is 7.57. The molecule has 98 valence electrons. The van der Waals surface area contributed by atoms with E-state index in [2.05, 4.69) is 0 Å². The van der Waals surface area contributed by atoms with E-state index in [0.29, 0.717) is 12.1 Å². The molecular formula is C13H18N2O3. The highest BCUT2D eigenvalue weighted by Crippen LogP contribution is 2.14. The minimum Gasteiger partial charge on any atom is -0.480 e. The zero-order valence-electron chi connectivity index (χ0n) is 10.8. The van der Waals surface area contributed by atoms with Crippen LogP contribution in [0.2, 0.25) is 0 Å². The van der Waals surface area contributed by atoms with Gasteiger partial charge in [-0.05, 0) is 44.2 Å². The minimum absolute atomic E-state index is 0.461. The van der Waals surface area contributed by atoms with Crippen molar-refractivity contribution in [2.75, 3.05) is 7.05 Å². The van der Waals surface area contributed by atoms with Gasteiger partial charge in [-0.3, -0.25) is 14.5 Å². The van der Waals surface area contributed by atoms with Crippen LogP contribution in [0.5, 0.6) is 0 Å². The second kappa shape index (κ2) is 5.64. The van der Waals surface area contributed by atoms with Crippen LogP contribution in [0.1, 0.15) is 28.4 Å². The van der Waals surface area contributed by atoms with E-state index in [1.807, 2.05) is 6.92 Å². The average Bonchev–Trinajstić information content (AvgIpc) is 2.30. The van der Waals surface area contributed by atoms with E-state index in [1.54, 1.807) is 37.1 Å². The molecule has 1 aromatic rings. The minimum atomic E-state index is -0.857. The number of likely N-dealkylation sites (N-methyl/N-ethyl adjacent to an activating group) is 1. The Kier molecular flexibility index (Phi) is 4.44. The van der Waals surface area contributed by atoms with Crippen LogP contribution < -0.4 is 5.73 Å². The molecule has 0 bridgehead atoms. The van der Waals surface area contributed by atoms with Gasteiger partial charge < -0.3 is 10.8 Å². The Bertz CT molecular complexity index is 471. The summed E-state index contributed by atoms with van der Waals surface area (Å²) in [5.74, 6) is -1.32. The number of nitrogens with two attached hydrogens (primary N) is 1. The number of hydrogen-bond acceptors (Lipinski definition) is 3. The van der Waals surface area contributed by atoms with E-state index in [9.17, 15) is 9.59 Å². The third-order valence-corrected chi connectivity index (χ3v) is 3.07. The number of rotatable bonds is 5. The van der Waals surface area contributed by atoms with E-state index in [-0.39, 0.29) is 0 Å². The fourth-order valence-electron chi connectivity index (χ4n) is 1.62. The molecule has 18 heavy (non-hydrogen) atoms. The lowest BCUT2D eigenvalue weighted by atomic mass is 10.0. The van der Waals surface area contributed by atoms with Crippen molar-refractivity contribution in [1.29, 1.82) is 0 Å². The molecule has 0 radical (unpaired) electrons. The first-order valence-corrected chi connectivity index (χ1v) is 5.65. The molecule has 1 atom stereocenters. The summed E-state index contributed by atoms with van der Waals surface area (Å²) in [7, 11) is 1.75. The molecule has 0 heterocycles. The third kappa shape index (κ3) is 3.30. The van der Waals surface area contributed by atoms with E-state index >= 15 is 0 Å².